The van der Waals surface area contributed by atoms with E-state index < -0.39 is 10.0 Å². The number of hydrogen-bond acceptors (Lipinski definition) is 6. The van der Waals surface area contributed by atoms with Crippen molar-refractivity contribution in [2.24, 2.45) is 18.4 Å². The number of fused-ring (bicyclic) bond motifs is 4. The summed E-state index contributed by atoms with van der Waals surface area (Å²) in [5.74, 6) is 0.181. The topological polar surface area (TPSA) is 99.0 Å². The Hall–Kier alpha value is -3.72. The first kappa shape index (κ1) is 27.8. The first-order chi connectivity index (χ1) is 18.8. The van der Waals surface area contributed by atoms with Crippen LogP contribution in [0.3, 0.4) is 0 Å². The van der Waals surface area contributed by atoms with Gasteiger partial charge in [0.25, 0.3) is 10.0 Å². The molecule has 40 heavy (non-hydrogen) atoms. The molecule has 1 aliphatic heterocycles. The molecule has 0 saturated heterocycles. The molecular weight excluding hydrogens is 522 g/mol. The Kier molecular flexibility index (Phi) is 7.20. The van der Waals surface area contributed by atoms with Gasteiger partial charge in [0.2, 0.25) is 11.8 Å². The molecule has 0 aliphatic carbocycles. The van der Waals surface area contributed by atoms with E-state index >= 15 is 0 Å². The molecule has 8 nitrogen and oxygen atoms in total. The molecule has 1 unspecified atom stereocenters. The van der Waals surface area contributed by atoms with Crippen molar-refractivity contribution in [1.29, 1.82) is 0 Å². The van der Waals surface area contributed by atoms with Crippen LogP contribution in [0.1, 0.15) is 61.1 Å². The molecule has 0 saturated carbocycles. The second-order valence-electron chi connectivity index (χ2n) is 12.0. The van der Waals surface area contributed by atoms with Crippen LogP contribution in [0.15, 0.2) is 59.6 Å². The number of rotatable bonds is 3. The quantitative estimate of drug-likeness (QED) is 0.322. The van der Waals surface area contributed by atoms with Crippen molar-refractivity contribution in [3.05, 3.63) is 82.7 Å². The molecule has 1 aliphatic rings. The summed E-state index contributed by atoms with van der Waals surface area (Å²) in [6, 6.07) is 15.0. The third kappa shape index (κ3) is 5.75. The van der Waals surface area contributed by atoms with Gasteiger partial charge in [0.1, 0.15) is 0 Å². The normalized spacial score (nSPS) is 18.7. The largest absolute Gasteiger partial charge is 0.477 e. The SMILES string of the molecule is Cc1cccc(C)c1-c1cc2nc(n1)NS(=O)(=O)c1cccc(c1)C(c1cn(C)nc1C)[C@H](CC(C)(C)C)CO2. The molecule has 0 amide bonds. The number of ether oxygens (including phenoxy) is 1. The van der Waals surface area contributed by atoms with Crippen LogP contribution in [0.2, 0.25) is 0 Å². The second-order valence-corrected chi connectivity index (χ2v) is 13.7. The Morgan fingerprint density at radius 2 is 1.73 bits per heavy atom. The van der Waals surface area contributed by atoms with E-state index in [1.54, 1.807) is 24.3 Å². The zero-order valence-corrected chi connectivity index (χ0v) is 25.0. The van der Waals surface area contributed by atoms with Gasteiger partial charge in [-0.3, -0.25) is 4.68 Å². The highest BCUT2D eigenvalue weighted by Gasteiger charge is 2.33. The van der Waals surface area contributed by atoms with Crippen molar-refractivity contribution in [2.75, 3.05) is 11.3 Å². The van der Waals surface area contributed by atoms with Crippen molar-refractivity contribution in [2.45, 2.75) is 58.8 Å². The van der Waals surface area contributed by atoms with Gasteiger partial charge in [-0.15, -0.1) is 0 Å². The summed E-state index contributed by atoms with van der Waals surface area (Å²) in [5.41, 5.74) is 6.46. The lowest BCUT2D eigenvalue weighted by molar-refractivity contribution is 0.176. The third-order valence-electron chi connectivity index (χ3n) is 7.37. The zero-order valence-electron chi connectivity index (χ0n) is 24.2. The molecule has 1 N–H and O–H groups in total. The van der Waals surface area contributed by atoms with Crippen LogP contribution in [0.25, 0.3) is 11.3 Å². The van der Waals surface area contributed by atoms with Gasteiger partial charge in [-0.1, -0.05) is 51.1 Å². The smallest absolute Gasteiger partial charge is 0.264 e. The molecule has 3 heterocycles. The van der Waals surface area contributed by atoms with E-state index in [0.717, 1.165) is 39.9 Å². The van der Waals surface area contributed by atoms with E-state index in [9.17, 15) is 8.42 Å². The van der Waals surface area contributed by atoms with Gasteiger partial charge in [-0.25, -0.2) is 18.1 Å². The number of aryl methyl sites for hydroxylation is 4. The lowest BCUT2D eigenvalue weighted by Gasteiger charge is -2.33. The van der Waals surface area contributed by atoms with Gasteiger partial charge in [0, 0.05) is 42.3 Å². The molecule has 0 radical (unpaired) electrons. The van der Waals surface area contributed by atoms with Crippen molar-refractivity contribution >= 4 is 16.0 Å². The van der Waals surface area contributed by atoms with Gasteiger partial charge >= 0.3 is 0 Å². The number of anilines is 1. The Bertz CT molecular complexity index is 1650. The maximum absolute atomic E-state index is 13.6. The molecule has 0 fully saturated rings. The lowest BCUT2D eigenvalue weighted by Crippen LogP contribution is -2.27. The molecular formula is C31H37N5O3S. The minimum absolute atomic E-state index is 0.00897. The number of aromatic nitrogens is 4. The van der Waals surface area contributed by atoms with E-state index in [1.165, 1.54) is 0 Å². The fraction of sp³-hybridized carbons (Fsp3) is 0.387. The van der Waals surface area contributed by atoms with E-state index in [2.05, 4.69) is 40.6 Å². The fourth-order valence-corrected chi connectivity index (χ4v) is 6.82. The van der Waals surface area contributed by atoms with Crippen LogP contribution in [0.5, 0.6) is 5.88 Å². The molecule has 0 spiro atoms. The Labute approximate surface area is 236 Å². The summed E-state index contributed by atoms with van der Waals surface area (Å²) < 4.78 is 38.2. The monoisotopic (exact) mass is 559 g/mol. The first-order valence-electron chi connectivity index (χ1n) is 13.5. The summed E-state index contributed by atoms with van der Waals surface area (Å²) in [5, 5.41) is 4.62. The highest BCUT2D eigenvalue weighted by Crippen LogP contribution is 2.41. The molecule has 210 valence electrons. The van der Waals surface area contributed by atoms with Crippen molar-refractivity contribution < 1.29 is 13.2 Å². The molecule has 2 aromatic heterocycles. The number of benzene rings is 2. The van der Waals surface area contributed by atoms with Crippen LogP contribution in [0.4, 0.5) is 5.95 Å². The van der Waals surface area contributed by atoms with Crippen LogP contribution >= 0.6 is 0 Å². The summed E-state index contributed by atoms with van der Waals surface area (Å²) in [6.45, 7) is 13.0. The predicted molar refractivity (Wildman–Crippen MR) is 157 cm³/mol. The minimum Gasteiger partial charge on any atom is -0.477 e. The zero-order chi connectivity index (χ0) is 28.8. The molecule has 9 heteroatoms. The standard InChI is InChI=1S/C31H37N5O3S/c1-19-10-8-11-20(2)28(19)26-15-27-33-30(32-26)35-40(37,38)24-13-9-12-22(14-24)29(25-17-36(7)34-21(25)3)23(18-39-27)16-31(4,5)6/h8-15,17,23,29H,16,18H2,1-7H3,(H,32,33,35)/t23-,29?/m1/s1. The van der Waals surface area contributed by atoms with Crippen LogP contribution < -0.4 is 9.46 Å². The molecule has 4 bridgehead atoms. The van der Waals surface area contributed by atoms with E-state index in [0.29, 0.717) is 18.2 Å². The van der Waals surface area contributed by atoms with Crippen molar-refractivity contribution in [3.8, 4) is 17.1 Å². The number of sulfonamides is 1. The molecule has 4 aromatic rings. The van der Waals surface area contributed by atoms with E-state index in [-0.39, 0.29) is 28.1 Å². The Morgan fingerprint density at radius 3 is 2.38 bits per heavy atom. The molecule has 2 atom stereocenters. The van der Waals surface area contributed by atoms with Gasteiger partial charge < -0.3 is 4.74 Å². The number of nitrogens with zero attached hydrogens (tertiary/aromatic N) is 4. The second kappa shape index (κ2) is 10.4. The van der Waals surface area contributed by atoms with Crippen LogP contribution in [-0.4, -0.2) is 34.8 Å². The fourth-order valence-electron chi connectivity index (χ4n) is 5.83. The average Bonchev–Trinajstić information content (AvgIpc) is 3.18. The van der Waals surface area contributed by atoms with Gasteiger partial charge in [0.05, 0.1) is 22.9 Å². The molecule has 5 rings (SSSR count). The number of hydrogen-bond donors (Lipinski definition) is 1. The molecule has 2 aromatic carbocycles. The van der Waals surface area contributed by atoms with Gasteiger partial charge in [-0.05, 0) is 61.4 Å². The Morgan fingerprint density at radius 1 is 1.02 bits per heavy atom. The first-order valence-corrected chi connectivity index (χ1v) is 15.0. The Balaban J connectivity index is 1.72. The van der Waals surface area contributed by atoms with Crippen molar-refractivity contribution in [3.63, 3.8) is 0 Å². The third-order valence-corrected chi connectivity index (χ3v) is 8.70. The highest BCUT2D eigenvalue weighted by molar-refractivity contribution is 7.92. The minimum atomic E-state index is -3.98. The van der Waals surface area contributed by atoms with E-state index in [1.807, 2.05) is 63.0 Å². The average molecular weight is 560 g/mol. The van der Waals surface area contributed by atoms with E-state index in [4.69, 9.17) is 4.74 Å². The van der Waals surface area contributed by atoms with Gasteiger partial charge in [-0.2, -0.15) is 10.1 Å². The summed E-state index contributed by atoms with van der Waals surface area (Å²) >= 11 is 0. The predicted octanol–water partition coefficient (Wildman–Crippen LogP) is 6.18. The summed E-state index contributed by atoms with van der Waals surface area (Å²) in [4.78, 5) is 9.28. The highest BCUT2D eigenvalue weighted by atomic mass is 32.2. The summed E-state index contributed by atoms with van der Waals surface area (Å²) in [7, 11) is -2.07. The van der Waals surface area contributed by atoms with Crippen LogP contribution in [0, 0.1) is 32.1 Å². The van der Waals surface area contributed by atoms with Crippen molar-refractivity contribution in [1.82, 2.24) is 19.7 Å². The van der Waals surface area contributed by atoms with Crippen LogP contribution in [-0.2, 0) is 17.1 Å². The number of nitrogens with one attached hydrogen (secondary N) is 1. The van der Waals surface area contributed by atoms with Gasteiger partial charge in [0.15, 0.2) is 0 Å². The summed E-state index contributed by atoms with van der Waals surface area (Å²) in [6.07, 6.45) is 2.87. The maximum atomic E-state index is 13.6. The maximum Gasteiger partial charge on any atom is 0.264 e. The lowest BCUT2D eigenvalue weighted by atomic mass is 9.73.